The highest BCUT2D eigenvalue weighted by Crippen LogP contribution is 2.51. The summed E-state index contributed by atoms with van der Waals surface area (Å²) in [5, 5.41) is 0. The summed E-state index contributed by atoms with van der Waals surface area (Å²) in [4.78, 5) is 45.2. The van der Waals surface area contributed by atoms with E-state index in [9.17, 15) is 18.8 Å². The summed E-state index contributed by atoms with van der Waals surface area (Å²) in [5.74, 6) is -1.39. The number of methoxy groups -OCH3 is 1. The monoisotopic (exact) mass is 656 g/mol. The maximum Gasteiger partial charge on any atom is 0.383 e. The van der Waals surface area contributed by atoms with E-state index >= 15 is 0 Å². The zero-order chi connectivity index (χ0) is 30.5. The molecule has 2 unspecified atom stereocenters. The molecule has 21 heteroatoms. The molecule has 2 aliphatic rings. The SMILES string of the molecule is CO[C@@]1(O[PH](=O)C[C@@H]2C[C@@H](COP(=O)(O)S)O[C@H]2n2cnc3c(=O)[nH]c(N)nc32)CC[C@@H](n2cnc3c(N)ncnc32)C1. The number of aromatic amines is 1. The van der Waals surface area contributed by atoms with Crippen LogP contribution in [0.3, 0.4) is 0 Å². The third-order valence-corrected chi connectivity index (χ3v) is 10.0. The molecule has 4 aromatic rings. The summed E-state index contributed by atoms with van der Waals surface area (Å²) in [6, 6.07) is -0.0968. The van der Waals surface area contributed by atoms with Crippen molar-refractivity contribution in [2.24, 2.45) is 5.92 Å². The van der Waals surface area contributed by atoms with Crippen LogP contribution in [0.5, 0.6) is 0 Å². The average Bonchev–Trinajstić information content (AvgIpc) is 3.72. The van der Waals surface area contributed by atoms with Crippen LogP contribution in [0.2, 0.25) is 0 Å². The van der Waals surface area contributed by atoms with Crippen LogP contribution in [0.1, 0.15) is 38.0 Å². The second-order valence-corrected chi connectivity index (χ2v) is 14.6. The summed E-state index contributed by atoms with van der Waals surface area (Å²) in [7, 11) is -1.25. The molecular formula is C22H30N10O8P2S. The lowest BCUT2D eigenvalue weighted by atomic mass is 10.1. The lowest BCUT2D eigenvalue weighted by Crippen LogP contribution is -2.30. The van der Waals surface area contributed by atoms with E-state index in [2.05, 4.69) is 42.2 Å². The summed E-state index contributed by atoms with van der Waals surface area (Å²) in [6.07, 6.45) is 4.81. The maximum absolute atomic E-state index is 13.6. The molecular weight excluding hydrogens is 626 g/mol. The van der Waals surface area contributed by atoms with Gasteiger partial charge in [0.15, 0.2) is 36.4 Å². The smallest absolute Gasteiger partial charge is 0.382 e. The van der Waals surface area contributed by atoms with Gasteiger partial charge in [-0.05, 0) is 12.8 Å². The number of hydrogen-bond acceptors (Lipinski definition) is 14. The maximum atomic E-state index is 13.6. The Kier molecular flexibility index (Phi) is 8.10. The zero-order valence-corrected chi connectivity index (χ0v) is 25.6. The first-order valence-electron chi connectivity index (χ1n) is 13.2. The highest BCUT2D eigenvalue weighted by atomic mass is 32.7. The standard InChI is InChI=1S/C22H30N10O8P2S/c1-37-22(3-2-12(5-22)31-9-27-14-16(23)25-8-26-17(14)31)40-41(34)7-11-4-13(6-38-42(35,36)43)39-20(11)32-10-28-15-18(32)29-21(24)30-19(15)33/h8-13,20,41H,2-7H2,1H3,(H2,23,25,26)(H2,35,36,43)(H3,24,29,30,33)/t11-,12+,13-,20+,22+/m0/s1. The first-order valence-corrected chi connectivity index (χ1v) is 17.5. The highest BCUT2D eigenvalue weighted by molar-refractivity contribution is 8.44. The minimum absolute atomic E-state index is 0.0461. The third kappa shape index (κ3) is 6.08. The minimum atomic E-state index is -4.07. The van der Waals surface area contributed by atoms with E-state index in [1.807, 2.05) is 4.57 Å². The summed E-state index contributed by atoms with van der Waals surface area (Å²) in [6.45, 7) is -4.32. The normalized spacial score (nSPS) is 28.1. The second kappa shape index (κ2) is 11.6. The molecule has 0 aromatic carbocycles. The Hall–Kier alpha value is -2.89. The van der Waals surface area contributed by atoms with E-state index in [0.717, 1.165) is 0 Å². The van der Waals surface area contributed by atoms with Crippen LogP contribution in [0, 0.1) is 5.92 Å². The molecule has 43 heavy (non-hydrogen) atoms. The first kappa shape index (κ1) is 30.1. The van der Waals surface area contributed by atoms with Gasteiger partial charge in [-0.3, -0.25) is 28.0 Å². The molecule has 1 aliphatic heterocycles. The van der Waals surface area contributed by atoms with Crippen LogP contribution < -0.4 is 17.0 Å². The molecule has 1 saturated heterocycles. The molecule has 7 atom stereocenters. The van der Waals surface area contributed by atoms with Crippen LogP contribution in [0.15, 0.2) is 23.8 Å². The van der Waals surface area contributed by atoms with E-state index in [1.54, 1.807) is 6.33 Å². The van der Waals surface area contributed by atoms with E-state index in [-0.39, 0.29) is 41.7 Å². The Labute approximate surface area is 249 Å². The molecule has 0 radical (unpaired) electrons. The Balaban J connectivity index is 1.21. The van der Waals surface area contributed by atoms with E-state index in [0.29, 0.717) is 36.8 Å². The second-order valence-electron chi connectivity index (χ2n) is 10.5. The molecule has 0 bridgehead atoms. The molecule has 6 rings (SSSR count). The van der Waals surface area contributed by atoms with Crippen molar-refractivity contribution in [3.05, 3.63) is 29.3 Å². The number of imidazole rings is 2. The molecule has 0 amide bonds. The number of hydrogen-bond donors (Lipinski definition) is 5. The fourth-order valence-electron chi connectivity index (χ4n) is 5.82. The van der Waals surface area contributed by atoms with Crippen molar-refractivity contribution in [2.75, 3.05) is 31.3 Å². The highest BCUT2D eigenvalue weighted by Gasteiger charge is 2.45. The van der Waals surface area contributed by atoms with Gasteiger partial charge in [-0.1, -0.05) is 12.2 Å². The van der Waals surface area contributed by atoms with E-state index < -0.39 is 44.4 Å². The first-order chi connectivity index (χ1) is 20.4. The van der Waals surface area contributed by atoms with Crippen LogP contribution in [0.25, 0.3) is 22.3 Å². The number of nitrogen functional groups attached to an aromatic ring is 2. The van der Waals surface area contributed by atoms with Gasteiger partial charge in [-0.15, -0.1) is 0 Å². The number of thiol groups is 1. The molecule has 5 heterocycles. The van der Waals surface area contributed by atoms with E-state index in [4.69, 9.17) is 30.0 Å². The molecule has 6 N–H and O–H groups in total. The number of rotatable bonds is 10. The number of ether oxygens (including phenoxy) is 2. The average molecular weight is 657 g/mol. The van der Waals surface area contributed by atoms with Crippen molar-refractivity contribution in [3.63, 3.8) is 0 Å². The predicted octanol–water partition coefficient (Wildman–Crippen LogP) is 1.63. The van der Waals surface area contributed by atoms with Gasteiger partial charge in [0.1, 0.15) is 18.1 Å². The van der Waals surface area contributed by atoms with Crippen LogP contribution in [0.4, 0.5) is 11.8 Å². The topological polar surface area (TPSA) is 250 Å². The van der Waals surface area contributed by atoms with Gasteiger partial charge in [0, 0.05) is 38.1 Å². The fourth-order valence-corrected chi connectivity index (χ4v) is 7.94. The van der Waals surface area contributed by atoms with Gasteiger partial charge in [0.25, 0.3) is 5.56 Å². The molecule has 4 aromatic heterocycles. The minimum Gasteiger partial charge on any atom is -0.382 e. The van der Waals surface area contributed by atoms with Crippen molar-refractivity contribution in [3.8, 4) is 0 Å². The zero-order valence-electron chi connectivity index (χ0n) is 22.8. The van der Waals surface area contributed by atoms with Crippen molar-refractivity contribution < 1.29 is 32.5 Å². The van der Waals surface area contributed by atoms with Crippen LogP contribution >= 0.6 is 27.1 Å². The Bertz CT molecular complexity index is 1790. The van der Waals surface area contributed by atoms with Gasteiger partial charge in [0.05, 0.1) is 25.4 Å². The van der Waals surface area contributed by atoms with Crippen LogP contribution in [-0.2, 0) is 27.7 Å². The molecule has 2 fully saturated rings. The van der Waals surface area contributed by atoms with Gasteiger partial charge in [0.2, 0.25) is 5.95 Å². The van der Waals surface area contributed by atoms with Crippen molar-refractivity contribution in [1.29, 1.82) is 0 Å². The number of nitrogens with two attached hydrogens (primary N) is 2. The third-order valence-electron chi connectivity index (χ3n) is 7.74. The number of aromatic nitrogens is 8. The van der Waals surface area contributed by atoms with Crippen molar-refractivity contribution in [2.45, 2.75) is 49.8 Å². The van der Waals surface area contributed by atoms with Crippen molar-refractivity contribution in [1.82, 2.24) is 39.0 Å². The van der Waals surface area contributed by atoms with Gasteiger partial charge >= 0.3 is 6.80 Å². The Morgan fingerprint density at radius 3 is 2.77 bits per heavy atom. The molecule has 1 saturated carbocycles. The van der Waals surface area contributed by atoms with E-state index in [1.165, 1.54) is 24.3 Å². The van der Waals surface area contributed by atoms with Gasteiger partial charge in [-0.2, -0.15) is 4.98 Å². The Morgan fingerprint density at radius 2 is 2.00 bits per heavy atom. The number of H-pyrrole nitrogens is 1. The largest absolute Gasteiger partial charge is 0.383 e. The number of anilines is 2. The molecule has 18 nitrogen and oxygen atoms in total. The summed E-state index contributed by atoms with van der Waals surface area (Å²) < 4.78 is 51.7. The van der Waals surface area contributed by atoms with Gasteiger partial charge < -0.3 is 30.4 Å². The number of nitrogens with zero attached hydrogens (tertiary/aromatic N) is 7. The number of fused-ring (bicyclic) bond motifs is 2. The Morgan fingerprint density at radius 1 is 1.23 bits per heavy atom. The molecule has 0 spiro atoms. The fraction of sp³-hybridized carbons (Fsp3) is 0.545. The lowest BCUT2D eigenvalue weighted by Gasteiger charge is -2.29. The molecule has 232 valence electrons. The van der Waals surface area contributed by atoms with Crippen LogP contribution in [-0.4, -0.2) is 75.7 Å². The number of nitrogens with one attached hydrogen (secondary N) is 1. The molecule has 1 aliphatic carbocycles. The lowest BCUT2D eigenvalue weighted by molar-refractivity contribution is -0.155. The summed E-state index contributed by atoms with van der Waals surface area (Å²) >= 11 is 3.56. The van der Waals surface area contributed by atoms with Crippen molar-refractivity contribution >= 4 is 61.2 Å². The predicted molar refractivity (Wildman–Crippen MR) is 157 cm³/mol. The summed E-state index contributed by atoms with van der Waals surface area (Å²) in [5.41, 5.74) is 12.5. The quantitative estimate of drug-likeness (QED) is 0.0924. The van der Waals surface area contributed by atoms with Gasteiger partial charge in [-0.25, -0.2) is 24.5 Å².